The molecule has 0 aliphatic rings. The Morgan fingerprint density at radius 2 is 1.82 bits per heavy atom. The Kier molecular flexibility index (Phi) is 5.20. The molecule has 0 aromatic heterocycles. The molecule has 17 heavy (non-hydrogen) atoms. The molecule has 0 bridgehead atoms. The average Bonchev–Trinajstić information content (AvgIpc) is 2.31. The van der Waals surface area contributed by atoms with Crippen molar-refractivity contribution in [2.45, 2.75) is 6.92 Å². The highest BCUT2D eigenvalue weighted by atomic mass is 79.9. The number of anilines is 1. The van der Waals surface area contributed by atoms with Crippen LogP contribution in [-0.4, -0.2) is 0 Å². The van der Waals surface area contributed by atoms with Crippen molar-refractivity contribution in [1.29, 1.82) is 10.5 Å². The van der Waals surface area contributed by atoms with Crippen LogP contribution in [0.3, 0.4) is 0 Å². The molecule has 0 aliphatic heterocycles. The Hall–Kier alpha value is -0.820. The summed E-state index contributed by atoms with van der Waals surface area (Å²) in [5.74, 6) is 0. The lowest BCUT2D eigenvalue weighted by molar-refractivity contribution is 1.36. The topological polar surface area (TPSA) is 59.6 Å². The van der Waals surface area contributed by atoms with Crippen LogP contribution in [0.25, 0.3) is 0 Å². The monoisotopic (exact) mass is 417 g/mol. The number of nitrogens with one attached hydrogen (secondary N) is 1. The first-order chi connectivity index (χ1) is 8.01. The number of allylic oxidation sites excluding steroid dienone is 1. The quantitative estimate of drug-likeness (QED) is 0.711. The van der Waals surface area contributed by atoms with Gasteiger partial charge in [0.15, 0.2) is 0 Å². The standard InChI is InChI=1S/C11H6Br3N3/c1-6-8(12)2-9(13)11(10(6)14)17-5-7(3-15)4-16/h2,5,17H,1H3. The van der Waals surface area contributed by atoms with Gasteiger partial charge in [0.05, 0.1) is 5.69 Å². The van der Waals surface area contributed by atoms with Crippen LogP contribution in [0.2, 0.25) is 0 Å². The van der Waals surface area contributed by atoms with Crippen LogP contribution in [0.1, 0.15) is 5.56 Å². The fourth-order valence-corrected chi connectivity index (χ4v) is 3.40. The van der Waals surface area contributed by atoms with E-state index in [1.54, 1.807) is 12.1 Å². The van der Waals surface area contributed by atoms with Gasteiger partial charge in [-0.2, -0.15) is 10.5 Å². The van der Waals surface area contributed by atoms with Gasteiger partial charge in [0, 0.05) is 19.6 Å². The van der Waals surface area contributed by atoms with Crippen LogP contribution < -0.4 is 5.32 Å². The van der Waals surface area contributed by atoms with Crippen LogP contribution in [0, 0.1) is 29.6 Å². The molecule has 0 unspecified atom stereocenters. The van der Waals surface area contributed by atoms with Gasteiger partial charge in [0.2, 0.25) is 0 Å². The van der Waals surface area contributed by atoms with Gasteiger partial charge in [-0.15, -0.1) is 0 Å². The summed E-state index contributed by atoms with van der Waals surface area (Å²) in [7, 11) is 0. The lowest BCUT2D eigenvalue weighted by Gasteiger charge is -2.11. The van der Waals surface area contributed by atoms with E-state index in [0.717, 1.165) is 24.7 Å². The summed E-state index contributed by atoms with van der Waals surface area (Å²) in [4.78, 5) is 0. The Morgan fingerprint density at radius 1 is 1.24 bits per heavy atom. The van der Waals surface area contributed by atoms with E-state index in [4.69, 9.17) is 10.5 Å². The maximum Gasteiger partial charge on any atom is 0.145 e. The molecule has 0 spiro atoms. The molecular weight excluding hydrogens is 414 g/mol. The summed E-state index contributed by atoms with van der Waals surface area (Å²) in [6.45, 7) is 1.95. The van der Waals surface area contributed by atoms with E-state index in [9.17, 15) is 0 Å². The summed E-state index contributed by atoms with van der Waals surface area (Å²) in [5.41, 5.74) is 1.82. The van der Waals surface area contributed by atoms with Crippen LogP contribution >= 0.6 is 47.8 Å². The normalized spacial score (nSPS) is 9.06. The highest BCUT2D eigenvalue weighted by Gasteiger charge is 2.10. The zero-order chi connectivity index (χ0) is 13.0. The first kappa shape index (κ1) is 14.2. The molecule has 1 N–H and O–H groups in total. The third-order valence-corrected chi connectivity index (χ3v) is 4.44. The van der Waals surface area contributed by atoms with Crippen molar-refractivity contribution >= 4 is 53.5 Å². The molecule has 0 saturated carbocycles. The van der Waals surface area contributed by atoms with Gasteiger partial charge in [-0.05, 0) is 50.4 Å². The summed E-state index contributed by atoms with van der Waals surface area (Å²) >= 11 is 10.3. The molecule has 1 aromatic rings. The summed E-state index contributed by atoms with van der Waals surface area (Å²) in [6.07, 6.45) is 1.37. The Bertz CT molecular complexity index is 549. The maximum atomic E-state index is 8.63. The molecule has 0 radical (unpaired) electrons. The van der Waals surface area contributed by atoms with E-state index in [0.29, 0.717) is 0 Å². The van der Waals surface area contributed by atoms with Gasteiger partial charge in [-0.25, -0.2) is 0 Å². The second-order valence-electron chi connectivity index (χ2n) is 3.08. The van der Waals surface area contributed by atoms with Crippen molar-refractivity contribution in [2.75, 3.05) is 5.32 Å². The Labute approximate surface area is 125 Å². The molecule has 3 nitrogen and oxygen atoms in total. The summed E-state index contributed by atoms with van der Waals surface area (Å²) < 4.78 is 2.66. The van der Waals surface area contributed by atoms with Crippen LogP contribution in [0.15, 0.2) is 31.3 Å². The van der Waals surface area contributed by atoms with Crippen LogP contribution in [0.4, 0.5) is 5.69 Å². The second kappa shape index (κ2) is 6.20. The molecule has 0 saturated heterocycles. The van der Waals surface area contributed by atoms with Gasteiger partial charge in [-0.3, -0.25) is 0 Å². The van der Waals surface area contributed by atoms with Crippen LogP contribution in [0.5, 0.6) is 0 Å². The number of benzene rings is 1. The fourth-order valence-electron chi connectivity index (χ4n) is 1.06. The Balaban J connectivity index is 3.18. The molecule has 0 fully saturated rings. The molecule has 1 rings (SSSR count). The van der Waals surface area contributed by atoms with Crippen molar-refractivity contribution in [2.24, 2.45) is 0 Å². The summed E-state index contributed by atoms with van der Waals surface area (Å²) in [6, 6.07) is 5.47. The zero-order valence-electron chi connectivity index (χ0n) is 8.68. The predicted octanol–water partition coefficient (Wildman–Crippen LogP) is 4.63. The van der Waals surface area contributed by atoms with Gasteiger partial charge in [-0.1, -0.05) is 15.9 Å². The van der Waals surface area contributed by atoms with E-state index < -0.39 is 0 Å². The van der Waals surface area contributed by atoms with E-state index >= 15 is 0 Å². The van der Waals surface area contributed by atoms with Crippen molar-refractivity contribution in [3.05, 3.63) is 36.8 Å². The van der Waals surface area contributed by atoms with Crippen molar-refractivity contribution in [1.82, 2.24) is 0 Å². The molecule has 86 valence electrons. The van der Waals surface area contributed by atoms with Gasteiger partial charge >= 0.3 is 0 Å². The van der Waals surface area contributed by atoms with Gasteiger partial charge in [0.25, 0.3) is 0 Å². The van der Waals surface area contributed by atoms with Gasteiger partial charge in [0.1, 0.15) is 17.7 Å². The number of halogens is 3. The van der Waals surface area contributed by atoms with Crippen molar-refractivity contribution in [3.63, 3.8) is 0 Å². The molecule has 1 aromatic carbocycles. The predicted molar refractivity (Wildman–Crippen MR) is 77.2 cm³/mol. The number of nitriles is 2. The van der Waals surface area contributed by atoms with E-state index in [1.165, 1.54) is 6.20 Å². The van der Waals surface area contributed by atoms with Crippen LogP contribution in [-0.2, 0) is 0 Å². The highest BCUT2D eigenvalue weighted by molar-refractivity contribution is 9.11. The highest BCUT2D eigenvalue weighted by Crippen LogP contribution is 2.38. The lowest BCUT2D eigenvalue weighted by Crippen LogP contribution is -1.94. The minimum absolute atomic E-state index is 0.0179. The first-order valence-corrected chi connectivity index (χ1v) is 6.80. The number of hydrogen-bond donors (Lipinski definition) is 1. The third kappa shape index (κ3) is 3.32. The third-order valence-electron chi connectivity index (χ3n) is 2.00. The summed E-state index contributed by atoms with van der Waals surface area (Å²) in [5, 5.41) is 20.2. The van der Waals surface area contributed by atoms with E-state index in [2.05, 4.69) is 53.1 Å². The minimum Gasteiger partial charge on any atom is -0.358 e. The van der Waals surface area contributed by atoms with Crippen molar-refractivity contribution in [3.8, 4) is 12.1 Å². The minimum atomic E-state index is 0.0179. The molecule has 0 aliphatic carbocycles. The molecule has 6 heteroatoms. The largest absolute Gasteiger partial charge is 0.358 e. The SMILES string of the molecule is Cc1c(Br)cc(Br)c(NC=C(C#N)C#N)c1Br. The smallest absolute Gasteiger partial charge is 0.145 e. The number of rotatable bonds is 2. The molecule has 0 amide bonds. The first-order valence-electron chi connectivity index (χ1n) is 4.42. The van der Waals surface area contributed by atoms with Crippen molar-refractivity contribution < 1.29 is 0 Å². The maximum absolute atomic E-state index is 8.63. The number of hydrogen-bond acceptors (Lipinski definition) is 3. The van der Waals surface area contributed by atoms with Gasteiger partial charge < -0.3 is 5.32 Å². The average molecular weight is 420 g/mol. The molecule has 0 atom stereocenters. The molecular formula is C11H6Br3N3. The fraction of sp³-hybridized carbons (Fsp3) is 0.0909. The number of nitrogens with zero attached hydrogens (tertiary/aromatic N) is 2. The molecule has 0 heterocycles. The Morgan fingerprint density at radius 3 is 2.35 bits per heavy atom. The van der Waals surface area contributed by atoms with E-state index in [1.807, 2.05) is 13.0 Å². The van der Waals surface area contributed by atoms with E-state index in [-0.39, 0.29) is 5.57 Å². The lowest BCUT2D eigenvalue weighted by atomic mass is 10.2. The zero-order valence-corrected chi connectivity index (χ0v) is 13.4. The second-order valence-corrected chi connectivity index (χ2v) is 5.58.